The number of rotatable bonds is 7. The van der Waals surface area contributed by atoms with Gasteiger partial charge in [0, 0.05) is 6.54 Å². The molecule has 0 atom stereocenters. The van der Waals surface area contributed by atoms with Crippen molar-refractivity contribution < 1.29 is 28.0 Å². The maximum atomic E-state index is 12.5. The van der Waals surface area contributed by atoms with Crippen molar-refractivity contribution in [3.05, 3.63) is 59.2 Å². The van der Waals surface area contributed by atoms with Gasteiger partial charge in [0.2, 0.25) is 0 Å². The Hall–Kier alpha value is -3.75. The van der Waals surface area contributed by atoms with Gasteiger partial charge in [-0.2, -0.15) is 0 Å². The van der Waals surface area contributed by atoms with Gasteiger partial charge in [-0.05, 0) is 36.8 Å². The van der Waals surface area contributed by atoms with Gasteiger partial charge < -0.3 is 13.6 Å². The molecule has 3 aromatic rings. The molecule has 0 N–H and O–H groups in total. The molecule has 0 aliphatic carbocycles. The van der Waals surface area contributed by atoms with Crippen molar-refractivity contribution in [3.8, 4) is 11.7 Å². The number of imide groups is 1. The van der Waals surface area contributed by atoms with Crippen LogP contribution < -0.4 is 0 Å². The van der Waals surface area contributed by atoms with Crippen LogP contribution in [0.3, 0.4) is 0 Å². The highest BCUT2D eigenvalue weighted by molar-refractivity contribution is 6.21. The average molecular weight is 395 g/mol. The number of carbonyl (C=O) groups is 3. The summed E-state index contributed by atoms with van der Waals surface area (Å²) in [6, 6.07) is 7.65. The van der Waals surface area contributed by atoms with Crippen LogP contribution in [-0.2, 0) is 11.3 Å². The molecule has 148 valence electrons. The predicted octanol–water partition coefficient (Wildman–Crippen LogP) is 3.08. The normalized spacial score (nSPS) is 13.1. The average Bonchev–Trinajstić information content (AvgIpc) is 3.46. The maximum absolute atomic E-state index is 12.5. The Labute approximate surface area is 165 Å². The van der Waals surface area contributed by atoms with E-state index in [2.05, 4.69) is 10.2 Å². The van der Waals surface area contributed by atoms with E-state index in [9.17, 15) is 14.4 Å². The molecule has 9 heteroatoms. The summed E-state index contributed by atoms with van der Waals surface area (Å²) in [6.07, 6.45) is 3.06. The molecule has 0 radical (unpaired) electrons. The summed E-state index contributed by atoms with van der Waals surface area (Å²) in [7, 11) is 0. The first kappa shape index (κ1) is 18.6. The molecule has 0 saturated heterocycles. The van der Waals surface area contributed by atoms with E-state index >= 15 is 0 Å². The molecule has 0 fully saturated rings. The zero-order valence-corrected chi connectivity index (χ0v) is 15.6. The fourth-order valence-corrected chi connectivity index (χ4v) is 2.96. The Kier molecular flexibility index (Phi) is 4.94. The van der Waals surface area contributed by atoms with Gasteiger partial charge in [0.15, 0.2) is 12.4 Å². The lowest BCUT2D eigenvalue weighted by Gasteiger charge is -2.12. The number of esters is 1. The van der Waals surface area contributed by atoms with E-state index in [1.165, 1.54) is 29.4 Å². The van der Waals surface area contributed by atoms with Crippen LogP contribution in [0.5, 0.6) is 0 Å². The number of ether oxygens (including phenoxy) is 1. The van der Waals surface area contributed by atoms with E-state index in [4.69, 9.17) is 13.6 Å². The zero-order chi connectivity index (χ0) is 20.4. The minimum atomic E-state index is -0.669. The molecular formula is C20H17N3O6. The lowest BCUT2D eigenvalue weighted by molar-refractivity contribution is 0.0438. The smallest absolute Gasteiger partial charge is 0.338 e. The quantitative estimate of drug-likeness (QED) is 0.443. The van der Waals surface area contributed by atoms with Crippen molar-refractivity contribution in [3.63, 3.8) is 0 Å². The number of benzene rings is 1. The van der Waals surface area contributed by atoms with Crippen LogP contribution in [0, 0.1) is 0 Å². The number of amides is 2. The molecule has 4 rings (SSSR count). The van der Waals surface area contributed by atoms with Gasteiger partial charge in [-0.15, -0.1) is 10.2 Å². The monoisotopic (exact) mass is 395 g/mol. The van der Waals surface area contributed by atoms with Crippen LogP contribution in [0.25, 0.3) is 11.7 Å². The minimum Gasteiger partial charge on any atom is -0.459 e. The van der Waals surface area contributed by atoms with E-state index in [1.807, 2.05) is 6.92 Å². The molecule has 3 heterocycles. The second-order valence-corrected chi connectivity index (χ2v) is 6.43. The fourth-order valence-electron chi connectivity index (χ4n) is 2.96. The third-order valence-electron chi connectivity index (χ3n) is 4.47. The van der Waals surface area contributed by atoms with Crippen molar-refractivity contribution >= 4 is 17.8 Å². The van der Waals surface area contributed by atoms with Crippen molar-refractivity contribution in [1.82, 2.24) is 15.1 Å². The van der Waals surface area contributed by atoms with E-state index in [1.54, 1.807) is 12.1 Å². The largest absolute Gasteiger partial charge is 0.459 e. The first-order valence-corrected chi connectivity index (χ1v) is 9.12. The van der Waals surface area contributed by atoms with Crippen molar-refractivity contribution in [2.24, 2.45) is 0 Å². The second kappa shape index (κ2) is 7.70. The molecule has 1 aliphatic heterocycles. The second-order valence-electron chi connectivity index (χ2n) is 6.43. The number of hydrogen-bond acceptors (Lipinski definition) is 8. The highest BCUT2D eigenvalue weighted by Gasteiger charge is 2.35. The van der Waals surface area contributed by atoms with Gasteiger partial charge in [0.1, 0.15) is 0 Å². The highest BCUT2D eigenvalue weighted by atomic mass is 16.5. The summed E-state index contributed by atoms with van der Waals surface area (Å²) in [5.74, 6) is -0.720. The third kappa shape index (κ3) is 3.54. The third-order valence-corrected chi connectivity index (χ3v) is 4.47. The van der Waals surface area contributed by atoms with Crippen LogP contribution in [0.4, 0.5) is 0 Å². The van der Waals surface area contributed by atoms with Crippen LogP contribution >= 0.6 is 0 Å². The molecule has 0 spiro atoms. The number of unbranched alkanes of at least 4 members (excludes halogenated alkanes) is 1. The van der Waals surface area contributed by atoms with Gasteiger partial charge >= 0.3 is 5.97 Å². The summed E-state index contributed by atoms with van der Waals surface area (Å²) >= 11 is 0. The molecule has 1 aliphatic rings. The van der Waals surface area contributed by atoms with E-state index in [0.717, 1.165) is 12.8 Å². The Balaban J connectivity index is 1.44. The number of furan rings is 1. The minimum absolute atomic E-state index is 0.0999. The van der Waals surface area contributed by atoms with E-state index < -0.39 is 11.9 Å². The van der Waals surface area contributed by atoms with Gasteiger partial charge in [-0.1, -0.05) is 13.3 Å². The predicted molar refractivity (Wildman–Crippen MR) is 97.8 cm³/mol. The summed E-state index contributed by atoms with van der Waals surface area (Å²) < 4.78 is 15.7. The lowest BCUT2D eigenvalue weighted by Crippen LogP contribution is -2.30. The summed E-state index contributed by atoms with van der Waals surface area (Å²) in [6.45, 7) is 2.10. The van der Waals surface area contributed by atoms with Gasteiger partial charge in [0.05, 0.1) is 23.0 Å². The fraction of sp³-hybridized carbons (Fsp3) is 0.250. The Morgan fingerprint density at radius 1 is 1.14 bits per heavy atom. The lowest BCUT2D eigenvalue weighted by atomic mass is 10.1. The molecule has 0 saturated carbocycles. The molecule has 9 nitrogen and oxygen atoms in total. The van der Waals surface area contributed by atoms with E-state index in [0.29, 0.717) is 17.9 Å². The zero-order valence-electron chi connectivity index (χ0n) is 15.6. The number of aromatic nitrogens is 2. The summed E-state index contributed by atoms with van der Waals surface area (Å²) in [5.41, 5.74) is 0.661. The Morgan fingerprint density at radius 2 is 1.97 bits per heavy atom. The number of fused-ring (bicyclic) bond motifs is 1. The SMILES string of the molecule is CCCCN1C(=O)c2ccc(C(=O)OCc3nnc(-c4ccco4)o3)cc2C1=O. The first-order chi connectivity index (χ1) is 14.1. The molecule has 2 aromatic heterocycles. The summed E-state index contributed by atoms with van der Waals surface area (Å²) in [4.78, 5) is 38.4. The molecule has 0 unspecified atom stereocenters. The standard InChI is InChI=1S/C20H17N3O6/c1-2-3-8-23-18(24)13-7-6-12(10-14(13)19(23)25)20(26)28-11-16-21-22-17(29-16)15-5-4-9-27-15/h4-7,9-10H,2-3,8,11H2,1H3. The van der Waals surface area contributed by atoms with E-state index in [-0.39, 0.29) is 35.4 Å². The van der Waals surface area contributed by atoms with Crippen LogP contribution in [0.1, 0.15) is 56.7 Å². The van der Waals surface area contributed by atoms with Crippen LogP contribution in [0.2, 0.25) is 0 Å². The number of carbonyl (C=O) groups excluding carboxylic acids is 3. The molecular weight excluding hydrogens is 378 g/mol. The van der Waals surface area contributed by atoms with Gasteiger partial charge in [-0.25, -0.2) is 4.79 Å². The Bertz CT molecular complexity index is 1070. The number of hydrogen-bond donors (Lipinski definition) is 0. The van der Waals surface area contributed by atoms with Crippen LogP contribution in [0.15, 0.2) is 45.4 Å². The first-order valence-electron chi connectivity index (χ1n) is 9.12. The van der Waals surface area contributed by atoms with Crippen LogP contribution in [-0.4, -0.2) is 39.4 Å². The van der Waals surface area contributed by atoms with Crippen molar-refractivity contribution in [1.29, 1.82) is 0 Å². The molecule has 1 aromatic carbocycles. The maximum Gasteiger partial charge on any atom is 0.338 e. The highest BCUT2D eigenvalue weighted by Crippen LogP contribution is 2.25. The van der Waals surface area contributed by atoms with Gasteiger partial charge in [0.25, 0.3) is 23.6 Å². The number of nitrogens with zero attached hydrogens (tertiary/aromatic N) is 3. The topological polar surface area (TPSA) is 116 Å². The summed E-state index contributed by atoms with van der Waals surface area (Å²) in [5, 5.41) is 7.62. The molecule has 29 heavy (non-hydrogen) atoms. The molecule has 2 amide bonds. The van der Waals surface area contributed by atoms with Gasteiger partial charge in [-0.3, -0.25) is 14.5 Å². The molecule has 0 bridgehead atoms. The van der Waals surface area contributed by atoms with Crippen molar-refractivity contribution in [2.45, 2.75) is 26.4 Å². The van der Waals surface area contributed by atoms with Crippen molar-refractivity contribution in [2.75, 3.05) is 6.54 Å². The Morgan fingerprint density at radius 3 is 2.72 bits per heavy atom.